The third-order valence-corrected chi connectivity index (χ3v) is 9.96. The first-order chi connectivity index (χ1) is 16.1. The van der Waals surface area contributed by atoms with Crippen LogP contribution in [0.2, 0.25) is 0 Å². The van der Waals surface area contributed by atoms with Crippen molar-refractivity contribution in [2.75, 3.05) is 12.8 Å². The molecule has 0 fully saturated rings. The van der Waals surface area contributed by atoms with Gasteiger partial charge in [-0.3, -0.25) is 0 Å². The van der Waals surface area contributed by atoms with Crippen LogP contribution in [0.15, 0.2) is 126 Å². The summed E-state index contributed by atoms with van der Waals surface area (Å²) in [5.41, 5.74) is 2.16. The van der Waals surface area contributed by atoms with Gasteiger partial charge in [0.1, 0.15) is 23.2 Å². The van der Waals surface area contributed by atoms with Crippen molar-refractivity contribution in [2.45, 2.75) is 20.8 Å². The minimum atomic E-state index is -1.90. The average Bonchev–Trinajstić information content (AvgIpc) is 2.84. The summed E-state index contributed by atoms with van der Waals surface area (Å²) in [6.07, 6.45) is 8.60. The molecule has 0 aliphatic carbocycles. The molecule has 0 aliphatic heterocycles. The first kappa shape index (κ1) is 24.4. The van der Waals surface area contributed by atoms with E-state index in [1.165, 1.54) is 27.6 Å². The molecule has 3 heteroatoms. The van der Waals surface area contributed by atoms with Gasteiger partial charge in [0.2, 0.25) is 0 Å². The Balaban J connectivity index is 2.03. The number of esters is 1. The third kappa shape index (κ3) is 6.40. The maximum absolute atomic E-state index is 11.7. The molecular weight excluding hydrogens is 423 g/mol. The van der Waals surface area contributed by atoms with Crippen molar-refractivity contribution in [1.29, 1.82) is 0 Å². The minimum absolute atomic E-state index is 0.303. The number of allylic oxidation sites excluding steroid dienone is 5. The van der Waals surface area contributed by atoms with Crippen molar-refractivity contribution in [2.24, 2.45) is 0 Å². The van der Waals surface area contributed by atoms with E-state index in [-0.39, 0.29) is 5.97 Å². The number of benzene rings is 3. The van der Waals surface area contributed by atoms with Gasteiger partial charge in [-0.25, -0.2) is 4.79 Å². The van der Waals surface area contributed by atoms with Crippen LogP contribution in [0, 0.1) is 0 Å². The molecule has 0 heterocycles. The van der Waals surface area contributed by atoms with Crippen molar-refractivity contribution >= 4 is 29.1 Å². The number of hydrogen-bond acceptors (Lipinski definition) is 2. The zero-order valence-electron chi connectivity index (χ0n) is 19.6. The second-order valence-corrected chi connectivity index (χ2v) is 11.5. The van der Waals surface area contributed by atoms with Gasteiger partial charge in [-0.15, -0.1) is 0 Å². The second kappa shape index (κ2) is 12.1. The van der Waals surface area contributed by atoms with E-state index >= 15 is 0 Å². The molecular formula is C30H32O2P+. The van der Waals surface area contributed by atoms with E-state index in [1.807, 2.05) is 26.0 Å². The molecule has 3 aromatic rings. The topological polar surface area (TPSA) is 26.3 Å². The van der Waals surface area contributed by atoms with Crippen LogP contribution in [0.4, 0.5) is 0 Å². The van der Waals surface area contributed by atoms with Crippen LogP contribution in [-0.4, -0.2) is 18.7 Å². The van der Waals surface area contributed by atoms with E-state index in [9.17, 15) is 4.79 Å². The Bertz CT molecular complexity index is 1020. The molecule has 0 atom stereocenters. The lowest BCUT2D eigenvalue weighted by atomic mass is 10.2. The molecule has 0 saturated heterocycles. The van der Waals surface area contributed by atoms with Crippen LogP contribution in [0.25, 0.3) is 0 Å². The SMILES string of the molecule is CCOC(=O)C=C(C)C=CC=C(C)C[P+](c1ccccc1)(c1ccccc1)c1ccccc1. The van der Waals surface area contributed by atoms with Gasteiger partial charge in [-0.1, -0.05) is 72.8 Å². The Kier molecular flexibility index (Phi) is 8.98. The lowest BCUT2D eigenvalue weighted by molar-refractivity contribution is -0.137. The molecule has 0 aromatic heterocycles. The number of ether oxygens (including phenoxy) is 1. The summed E-state index contributed by atoms with van der Waals surface area (Å²) in [6.45, 7) is 6.30. The summed E-state index contributed by atoms with van der Waals surface area (Å²) in [5.74, 6) is -0.303. The van der Waals surface area contributed by atoms with Crippen LogP contribution < -0.4 is 15.9 Å². The Morgan fingerprint density at radius 3 is 1.67 bits per heavy atom. The number of carbonyl (C=O) groups excluding carboxylic acids is 1. The van der Waals surface area contributed by atoms with Crippen molar-refractivity contribution in [1.82, 2.24) is 0 Å². The van der Waals surface area contributed by atoms with Crippen molar-refractivity contribution in [3.05, 3.63) is 126 Å². The normalized spacial score (nSPS) is 12.7. The highest BCUT2D eigenvalue weighted by Crippen LogP contribution is 2.56. The molecule has 3 rings (SSSR count). The number of hydrogen-bond donors (Lipinski definition) is 0. The highest BCUT2D eigenvalue weighted by Gasteiger charge is 2.45. The maximum Gasteiger partial charge on any atom is 0.330 e. The fourth-order valence-corrected chi connectivity index (χ4v) is 8.32. The summed E-state index contributed by atoms with van der Waals surface area (Å²) >= 11 is 0. The standard InChI is InChI=1S/C30H32O2P/c1-4-32-30(31)23-25(2)15-14-16-26(3)24-33(27-17-8-5-9-18-27,28-19-10-6-11-20-28)29-21-12-7-13-22-29/h5-23H,4,24H2,1-3H3/q+1. The van der Waals surface area contributed by atoms with E-state index < -0.39 is 7.26 Å². The third-order valence-electron chi connectivity index (χ3n) is 5.45. The van der Waals surface area contributed by atoms with Crippen LogP contribution in [0.1, 0.15) is 20.8 Å². The Morgan fingerprint density at radius 1 is 0.788 bits per heavy atom. The molecule has 0 aliphatic rings. The summed E-state index contributed by atoms with van der Waals surface area (Å²) in [6, 6.07) is 32.7. The molecule has 0 radical (unpaired) electrons. The van der Waals surface area contributed by atoms with Crippen LogP contribution in [-0.2, 0) is 9.53 Å². The average molecular weight is 456 g/mol. The van der Waals surface area contributed by atoms with E-state index in [1.54, 1.807) is 0 Å². The van der Waals surface area contributed by atoms with Gasteiger partial charge in [0, 0.05) is 6.08 Å². The number of carbonyl (C=O) groups is 1. The highest BCUT2D eigenvalue weighted by molar-refractivity contribution is 7.95. The highest BCUT2D eigenvalue weighted by atomic mass is 31.2. The van der Waals surface area contributed by atoms with Gasteiger partial charge in [0.05, 0.1) is 12.8 Å². The monoisotopic (exact) mass is 455 g/mol. The van der Waals surface area contributed by atoms with E-state index in [0.29, 0.717) is 6.61 Å². The van der Waals surface area contributed by atoms with Crippen LogP contribution in [0.5, 0.6) is 0 Å². The molecule has 0 saturated carbocycles. The first-order valence-electron chi connectivity index (χ1n) is 11.3. The quantitative estimate of drug-likeness (QED) is 0.171. The van der Waals surface area contributed by atoms with Gasteiger partial charge in [0.15, 0.2) is 0 Å². The van der Waals surface area contributed by atoms with Crippen molar-refractivity contribution < 1.29 is 9.53 Å². The predicted octanol–water partition coefficient (Wildman–Crippen LogP) is 5.99. The van der Waals surface area contributed by atoms with Crippen molar-refractivity contribution in [3.8, 4) is 0 Å². The van der Waals surface area contributed by atoms with Gasteiger partial charge < -0.3 is 4.74 Å². The van der Waals surface area contributed by atoms with E-state index in [0.717, 1.165) is 11.7 Å². The summed E-state index contributed by atoms with van der Waals surface area (Å²) in [4.78, 5) is 11.7. The fraction of sp³-hybridized carbons (Fsp3) is 0.167. The molecule has 3 aromatic carbocycles. The smallest absolute Gasteiger partial charge is 0.330 e. The van der Waals surface area contributed by atoms with Crippen LogP contribution in [0.3, 0.4) is 0 Å². The molecule has 168 valence electrons. The lowest BCUT2D eigenvalue weighted by Gasteiger charge is -2.28. The summed E-state index contributed by atoms with van der Waals surface area (Å²) in [5, 5.41) is 4.12. The molecule has 0 spiro atoms. The van der Waals surface area contributed by atoms with Crippen LogP contribution >= 0.6 is 7.26 Å². The largest absolute Gasteiger partial charge is 0.463 e. The van der Waals surface area contributed by atoms with E-state index in [2.05, 4.69) is 104 Å². The summed E-state index contributed by atoms with van der Waals surface area (Å²) in [7, 11) is -1.90. The van der Waals surface area contributed by atoms with Gasteiger partial charge in [0.25, 0.3) is 0 Å². The maximum atomic E-state index is 11.7. The Morgan fingerprint density at radius 2 is 1.24 bits per heavy atom. The van der Waals surface area contributed by atoms with Gasteiger partial charge >= 0.3 is 5.97 Å². The molecule has 0 N–H and O–H groups in total. The summed E-state index contributed by atoms with van der Waals surface area (Å²) < 4.78 is 4.99. The Hall–Kier alpha value is -3.22. The molecule has 0 unspecified atom stereocenters. The molecule has 0 bridgehead atoms. The molecule has 33 heavy (non-hydrogen) atoms. The van der Waals surface area contributed by atoms with E-state index in [4.69, 9.17) is 4.74 Å². The van der Waals surface area contributed by atoms with Gasteiger partial charge in [-0.05, 0) is 68.3 Å². The van der Waals surface area contributed by atoms with Gasteiger partial charge in [-0.2, -0.15) is 0 Å². The second-order valence-electron chi connectivity index (χ2n) is 7.99. The molecule has 2 nitrogen and oxygen atoms in total. The lowest BCUT2D eigenvalue weighted by Crippen LogP contribution is -2.33. The Labute approximate surface area is 198 Å². The molecule has 0 amide bonds. The van der Waals surface area contributed by atoms with Crippen molar-refractivity contribution in [3.63, 3.8) is 0 Å². The predicted molar refractivity (Wildman–Crippen MR) is 143 cm³/mol. The fourth-order valence-electron chi connectivity index (χ4n) is 3.98. The minimum Gasteiger partial charge on any atom is -0.463 e. The first-order valence-corrected chi connectivity index (χ1v) is 13.3. The zero-order valence-corrected chi connectivity index (χ0v) is 20.5. The number of rotatable bonds is 9. The zero-order chi connectivity index (χ0) is 23.5.